The van der Waals surface area contributed by atoms with E-state index in [2.05, 4.69) is 9.97 Å². The Hall–Kier alpha value is -2.11. The Bertz CT molecular complexity index is 555. The van der Waals surface area contributed by atoms with E-state index in [1.165, 1.54) is 0 Å². The first-order valence-corrected chi connectivity index (χ1v) is 5.09. The first kappa shape index (κ1) is 12.3. The van der Waals surface area contributed by atoms with Crippen LogP contribution in [0.15, 0.2) is 36.7 Å². The topological polar surface area (TPSA) is 35.0 Å². The molecule has 0 fully saturated rings. The smallest absolute Gasteiger partial charge is 0.416 e. The summed E-state index contributed by atoms with van der Waals surface area (Å²) in [5.41, 5.74) is -0.217. The number of ether oxygens (including phenoxy) is 1. The van der Waals surface area contributed by atoms with Gasteiger partial charge in [-0.3, -0.25) is 4.98 Å². The van der Waals surface area contributed by atoms with Crippen LogP contribution < -0.4 is 4.74 Å². The molecule has 0 amide bonds. The summed E-state index contributed by atoms with van der Waals surface area (Å²) in [7, 11) is 0. The maximum absolute atomic E-state index is 12.5. The van der Waals surface area contributed by atoms with Crippen LogP contribution in [0.2, 0.25) is 0 Å². The molecule has 0 bridgehead atoms. The molecule has 0 spiro atoms. The SMILES string of the molecule is Cc1ncccc1Oc1cc(C(F)(F)F)ccn1. The molecular weight excluding hydrogens is 245 g/mol. The van der Waals surface area contributed by atoms with Crippen molar-refractivity contribution in [1.82, 2.24) is 9.97 Å². The monoisotopic (exact) mass is 254 g/mol. The number of rotatable bonds is 2. The summed E-state index contributed by atoms with van der Waals surface area (Å²) < 4.78 is 42.7. The van der Waals surface area contributed by atoms with Crippen molar-refractivity contribution in [1.29, 1.82) is 0 Å². The van der Waals surface area contributed by atoms with E-state index in [0.29, 0.717) is 11.4 Å². The lowest BCUT2D eigenvalue weighted by molar-refractivity contribution is -0.137. The molecule has 0 aliphatic heterocycles. The second kappa shape index (κ2) is 4.64. The predicted molar refractivity (Wildman–Crippen MR) is 58.3 cm³/mol. The Balaban J connectivity index is 2.28. The fourth-order valence-electron chi connectivity index (χ4n) is 1.33. The van der Waals surface area contributed by atoms with Gasteiger partial charge in [0.2, 0.25) is 5.88 Å². The van der Waals surface area contributed by atoms with Gasteiger partial charge in [0.05, 0.1) is 11.3 Å². The maximum atomic E-state index is 12.5. The lowest BCUT2D eigenvalue weighted by atomic mass is 10.2. The Morgan fingerprint density at radius 3 is 2.56 bits per heavy atom. The molecule has 2 aromatic rings. The average Bonchev–Trinajstić information content (AvgIpc) is 2.31. The van der Waals surface area contributed by atoms with Gasteiger partial charge in [-0.1, -0.05) is 0 Å². The molecule has 0 aromatic carbocycles. The fraction of sp³-hybridized carbons (Fsp3) is 0.167. The largest absolute Gasteiger partial charge is 0.437 e. The summed E-state index contributed by atoms with van der Waals surface area (Å²) in [6, 6.07) is 5.00. The molecule has 2 heterocycles. The average molecular weight is 254 g/mol. The second-order valence-electron chi connectivity index (χ2n) is 3.57. The highest BCUT2D eigenvalue weighted by Gasteiger charge is 2.31. The molecule has 6 heteroatoms. The minimum Gasteiger partial charge on any atom is -0.437 e. The molecule has 3 nitrogen and oxygen atoms in total. The molecule has 94 valence electrons. The van der Waals surface area contributed by atoms with E-state index >= 15 is 0 Å². The van der Waals surface area contributed by atoms with Gasteiger partial charge in [0, 0.05) is 18.5 Å². The number of aromatic nitrogens is 2. The Kier molecular flexibility index (Phi) is 3.18. The third kappa shape index (κ3) is 2.77. The zero-order valence-corrected chi connectivity index (χ0v) is 9.40. The normalized spacial score (nSPS) is 11.3. The third-order valence-corrected chi connectivity index (χ3v) is 2.24. The van der Waals surface area contributed by atoms with Crippen molar-refractivity contribution in [2.24, 2.45) is 0 Å². The molecule has 0 aliphatic carbocycles. The minimum atomic E-state index is -4.41. The van der Waals surface area contributed by atoms with Crippen LogP contribution in [0.3, 0.4) is 0 Å². The number of hydrogen-bond acceptors (Lipinski definition) is 3. The van der Waals surface area contributed by atoms with Gasteiger partial charge in [0.25, 0.3) is 0 Å². The van der Waals surface area contributed by atoms with Crippen LogP contribution in [-0.2, 0) is 6.18 Å². The van der Waals surface area contributed by atoms with Gasteiger partial charge in [-0.05, 0) is 25.1 Å². The molecule has 2 aromatic heterocycles. The van der Waals surface area contributed by atoms with Crippen LogP contribution in [-0.4, -0.2) is 9.97 Å². The molecule has 0 N–H and O–H groups in total. The Labute approximate surface area is 101 Å². The van der Waals surface area contributed by atoms with E-state index in [-0.39, 0.29) is 5.88 Å². The second-order valence-corrected chi connectivity index (χ2v) is 3.57. The number of aryl methyl sites for hydroxylation is 1. The van der Waals surface area contributed by atoms with Gasteiger partial charge < -0.3 is 4.74 Å². The number of nitrogens with zero attached hydrogens (tertiary/aromatic N) is 2. The standard InChI is InChI=1S/C12H9F3N2O/c1-8-10(3-2-5-16-8)18-11-7-9(4-6-17-11)12(13,14)15/h2-7H,1H3. The quantitative estimate of drug-likeness (QED) is 0.821. The Morgan fingerprint density at radius 2 is 1.89 bits per heavy atom. The highest BCUT2D eigenvalue weighted by Crippen LogP contribution is 2.31. The van der Waals surface area contributed by atoms with Gasteiger partial charge in [-0.15, -0.1) is 0 Å². The first-order valence-electron chi connectivity index (χ1n) is 5.09. The molecule has 18 heavy (non-hydrogen) atoms. The van der Waals surface area contributed by atoms with E-state index in [9.17, 15) is 13.2 Å². The molecule has 0 aliphatic rings. The molecule has 2 rings (SSSR count). The van der Waals surface area contributed by atoms with Crippen LogP contribution in [0, 0.1) is 6.92 Å². The fourth-order valence-corrected chi connectivity index (χ4v) is 1.33. The van der Waals surface area contributed by atoms with Crippen molar-refractivity contribution in [2.75, 3.05) is 0 Å². The van der Waals surface area contributed by atoms with E-state index < -0.39 is 11.7 Å². The zero-order valence-electron chi connectivity index (χ0n) is 9.40. The third-order valence-electron chi connectivity index (χ3n) is 2.24. The number of hydrogen-bond donors (Lipinski definition) is 0. The summed E-state index contributed by atoms with van der Waals surface area (Å²) >= 11 is 0. The maximum Gasteiger partial charge on any atom is 0.416 e. The summed E-state index contributed by atoms with van der Waals surface area (Å²) in [6.45, 7) is 1.70. The van der Waals surface area contributed by atoms with Crippen molar-refractivity contribution in [2.45, 2.75) is 13.1 Å². The zero-order chi connectivity index (χ0) is 13.2. The van der Waals surface area contributed by atoms with E-state index in [1.807, 2.05) is 0 Å². The van der Waals surface area contributed by atoms with Crippen molar-refractivity contribution in [3.05, 3.63) is 47.9 Å². The number of alkyl halides is 3. The molecular formula is C12H9F3N2O. The summed E-state index contributed by atoms with van der Waals surface area (Å²) in [5.74, 6) is 0.269. The van der Waals surface area contributed by atoms with Crippen molar-refractivity contribution in [3.8, 4) is 11.6 Å². The molecule has 0 saturated carbocycles. The summed E-state index contributed by atoms with van der Waals surface area (Å²) in [5, 5.41) is 0. The van der Waals surface area contributed by atoms with Crippen LogP contribution in [0.1, 0.15) is 11.3 Å². The van der Waals surface area contributed by atoms with Crippen LogP contribution >= 0.6 is 0 Å². The summed E-state index contributed by atoms with van der Waals surface area (Å²) in [6.07, 6.45) is -1.78. The van der Waals surface area contributed by atoms with E-state index in [4.69, 9.17) is 4.74 Å². The summed E-state index contributed by atoms with van der Waals surface area (Å²) in [4.78, 5) is 7.71. The van der Waals surface area contributed by atoms with Gasteiger partial charge in [-0.2, -0.15) is 13.2 Å². The van der Waals surface area contributed by atoms with Crippen LogP contribution in [0.25, 0.3) is 0 Å². The number of pyridine rings is 2. The lowest BCUT2D eigenvalue weighted by Crippen LogP contribution is -2.05. The van der Waals surface area contributed by atoms with Gasteiger partial charge in [0.15, 0.2) is 5.75 Å². The van der Waals surface area contributed by atoms with Crippen LogP contribution in [0.4, 0.5) is 13.2 Å². The Morgan fingerprint density at radius 1 is 1.11 bits per heavy atom. The van der Waals surface area contributed by atoms with Crippen LogP contribution in [0.5, 0.6) is 11.6 Å². The van der Waals surface area contributed by atoms with E-state index in [0.717, 1.165) is 18.3 Å². The van der Waals surface area contributed by atoms with Gasteiger partial charge >= 0.3 is 6.18 Å². The molecule has 0 saturated heterocycles. The van der Waals surface area contributed by atoms with Crippen molar-refractivity contribution < 1.29 is 17.9 Å². The van der Waals surface area contributed by atoms with Gasteiger partial charge in [0.1, 0.15) is 0 Å². The highest BCUT2D eigenvalue weighted by atomic mass is 19.4. The van der Waals surface area contributed by atoms with Crippen molar-refractivity contribution >= 4 is 0 Å². The minimum absolute atomic E-state index is 0.110. The molecule has 0 radical (unpaired) electrons. The first-order chi connectivity index (χ1) is 8.47. The van der Waals surface area contributed by atoms with E-state index in [1.54, 1.807) is 25.3 Å². The number of halogens is 3. The molecule has 0 unspecified atom stereocenters. The highest BCUT2D eigenvalue weighted by molar-refractivity contribution is 5.31. The van der Waals surface area contributed by atoms with Gasteiger partial charge in [-0.25, -0.2) is 4.98 Å². The predicted octanol–water partition coefficient (Wildman–Crippen LogP) is 3.60. The lowest BCUT2D eigenvalue weighted by Gasteiger charge is -2.09. The molecule has 0 atom stereocenters. The van der Waals surface area contributed by atoms with Crippen molar-refractivity contribution in [3.63, 3.8) is 0 Å².